The highest BCUT2D eigenvalue weighted by molar-refractivity contribution is 5.81. The summed E-state index contributed by atoms with van der Waals surface area (Å²) in [4.78, 5) is 28.8. The molecule has 0 bridgehead atoms. The van der Waals surface area contributed by atoms with E-state index in [1.54, 1.807) is 0 Å². The SMILES string of the molecule is CC1CCC(NC(=O)C2CCCC(C(F)(F)F)C2)CC1C1CC2CNC(/C=C/CC3CCCCC3)CC2N(C)C1=O. The van der Waals surface area contributed by atoms with Crippen LogP contribution in [0.15, 0.2) is 12.2 Å². The molecule has 2 aliphatic heterocycles. The number of likely N-dealkylation sites (tertiary alicyclic amines) is 1. The second kappa shape index (κ2) is 13.4. The summed E-state index contributed by atoms with van der Waals surface area (Å²) in [5.41, 5.74) is 0. The van der Waals surface area contributed by atoms with Crippen molar-refractivity contribution in [2.45, 2.75) is 128 Å². The van der Waals surface area contributed by atoms with Crippen molar-refractivity contribution >= 4 is 11.8 Å². The third kappa shape index (κ3) is 7.51. The number of halogens is 3. The molecular formula is C33H52F3N3O2. The largest absolute Gasteiger partial charge is 0.391 e. The van der Waals surface area contributed by atoms with Crippen LogP contribution in [0, 0.1) is 41.4 Å². The van der Waals surface area contributed by atoms with Crippen LogP contribution in [0.25, 0.3) is 0 Å². The Balaban J connectivity index is 1.14. The van der Waals surface area contributed by atoms with Gasteiger partial charge in [0.2, 0.25) is 11.8 Å². The van der Waals surface area contributed by atoms with Crippen molar-refractivity contribution in [2.75, 3.05) is 13.6 Å². The van der Waals surface area contributed by atoms with E-state index in [9.17, 15) is 22.8 Å². The summed E-state index contributed by atoms with van der Waals surface area (Å²) < 4.78 is 39.9. The number of amides is 2. The number of carbonyl (C=O) groups is 2. The van der Waals surface area contributed by atoms with Crippen LogP contribution in [0.2, 0.25) is 0 Å². The summed E-state index contributed by atoms with van der Waals surface area (Å²) in [5, 5.41) is 6.88. The Morgan fingerprint density at radius 1 is 1.00 bits per heavy atom. The van der Waals surface area contributed by atoms with Crippen molar-refractivity contribution in [3.63, 3.8) is 0 Å². The number of alkyl halides is 3. The quantitative estimate of drug-likeness (QED) is 0.348. The molecule has 0 spiro atoms. The number of piperidine rings is 2. The van der Waals surface area contributed by atoms with Crippen LogP contribution in [-0.4, -0.2) is 54.6 Å². The van der Waals surface area contributed by atoms with Crippen LogP contribution < -0.4 is 10.6 Å². The minimum absolute atomic E-state index is 0.0552. The fraction of sp³-hybridized carbons (Fsp3) is 0.879. The van der Waals surface area contributed by atoms with Gasteiger partial charge in [0.15, 0.2) is 0 Å². The maximum Gasteiger partial charge on any atom is 0.391 e. The molecule has 41 heavy (non-hydrogen) atoms. The summed E-state index contributed by atoms with van der Waals surface area (Å²) in [5.74, 6) is -0.132. The molecule has 5 fully saturated rings. The van der Waals surface area contributed by atoms with E-state index in [0.717, 1.165) is 44.6 Å². The maximum atomic E-state index is 13.8. The number of nitrogens with one attached hydrogen (secondary N) is 2. The van der Waals surface area contributed by atoms with Gasteiger partial charge in [0.1, 0.15) is 0 Å². The van der Waals surface area contributed by atoms with Crippen molar-refractivity contribution < 1.29 is 22.8 Å². The topological polar surface area (TPSA) is 61.4 Å². The van der Waals surface area contributed by atoms with Gasteiger partial charge in [0.25, 0.3) is 0 Å². The first-order valence-corrected chi connectivity index (χ1v) is 16.6. The van der Waals surface area contributed by atoms with Gasteiger partial charge in [0.05, 0.1) is 5.92 Å². The van der Waals surface area contributed by atoms with E-state index >= 15 is 0 Å². The molecule has 232 valence electrons. The van der Waals surface area contributed by atoms with E-state index in [2.05, 4.69) is 29.7 Å². The molecule has 0 aromatic carbocycles. The van der Waals surface area contributed by atoms with Crippen LogP contribution >= 0.6 is 0 Å². The minimum Gasteiger partial charge on any atom is -0.353 e. The van der Waals surface area contributed by atoms with Gasteiger partial charge in [-0.25, -0.2) is 0 Å². The minimum atomic E-state index is -4.23. The summed E-state index contributed by atoms with van der Waals surface area (Å²) in [6, 6.07) is 0.511. The molecular weight excluding hydrogens is 527 g/mol. The highest BCUT2D eigenvalue weighted by atomic mass is 19.4. The third-order valence-electron chi connectivity index (χ3n) is 11.6. The van der Waals surface area contributed by atoms with E-state index in [4.69, 9.17) is 0 Å². The smallest absolute Gasteiger partial charge is 0.353 e. The monoisotopic (exact) mass is 579 g/mol. The van der Waals surface area contributed by atoms with Gasteiger partial charge < -0.3 is 15.5 Å². The molecule has 2 amide bonds. The Labute approximate surface area is 244 Å². The molecule has 5 aliphatic rings. The van der Waals surface area contributed by atoms with E-state index in [1.165, 1.54) is 38.5 Å². The fourth-order valence-electron chi connectivity index (χ4n) is 9.00. The molecule has 2 saturated heterocycles. The molecule has 5 nitrogen and oxygen atoms in total. The molecule has 3 aliphatic carbocycles. The number of carbonyl (C=O) groups excluding carboxylic acids is 2. The number of hydrogen-bond acceptors (Lipinski definition) is 3. The van der Waals surface area contributed by atoms with E-state index in [0.29, 0.717) is 30.7 Å². The Kier molecular flexibility index (Phi) is 10.1. The highest BCUT2D eigenvalue weighted by Gasteiger charge is 2.48. The second-order valence-corrected chi connectivity index (χ2v) is 14.3. The molecule has 9 unspecified atom stereocenters. The molecule has 2 heterocycles. The normalized spacial score (nSPS) is 39.5. The first-order valence-electron chi connectivity index (χ1n) is 16.6. The summed E-state index contributed by atoms with van der Waals surface area (Å²) in [6.07, 6.45) is 13.8. The van der Waals surface area contributed by atoms with Gasteiger partial charge in [-0.1, -0.05) is 57.6 Å². The van der Waals surface area contributed by atoms with Crippen LogP contribution in [0.5, 0.6) is 0 Å². The van der Waals surface area contributed by atoms with Crippen molar-refractivity contribution in [3.8, 4) is 0 Å². The number of fused-ring (bicyclic) bond motifs is 1. The summed E-state index contributed by atoms with van der Waals surface area (Å²) >= 11 is 0. The molecule has 8 heteroatoms. The highest BCUT2D eigenvalue weighted by Crippen LogP contribution is 2.44. The van der Waals surface area contributed by atoms with Crippen molar-refractivity contribution in [1.82, 2.24) is 15.5 Å². The predicted molar refractivity (Wildman–Crippen MR) is 155 cm³/mol. The van der Waals surface area contributed by atoms with Gasteiger partial charge in [-0.2, -0.15) is 13.2 Å². The second-order valence-electron chi connectivity index (χ2n) is 14.3. The average Bonchev–Trinajstić information content (AvgIpc) is 2.96. The Morgan fingerprint density at radius 2 is 1.78 bits per heavy atom. The number of hydrogen-bond donors (Lipinski definition) is 2. The lowest BCUT2D eigenvalue weighted by atomic mass is 9.65. The standard InChI is InChI=1S/C33H52F3N3O2/c1-21-14-15-27(38-31(40)23-11-7-12-25(16-23)33(34,35)36)18-28(21)29-17-24-20-37-26(19-30(24)39(2)32(29)41)13-6-10-22-8-4-3-5-9-22/h6,13,21-30,37H,3-5,7-12,14-20H2,1-2H3,(H,38,40)/b13-6+. The average molecular weight is 580 g/mol. The lowest BCUT2D eigenvalue weighted by Crippen LogP contribution is -2.60. The van der Waals surface area contributed by atoms with Crippen molar-refractivity contribution in [1.29, 1.82) is 0 Å². The van der Waals surface area contributed by atoms with Crippen LogP contribution in [0.3, 0.4) is 0 Å². The zero-order valence-corrected chi connectivity index (χ0v) is 25.1. The van der Waals surface area contributed by atoms with E-state index in [-0.39, 0.29) is 48.6 Å². The van der Waals surface area contributed by atoms with Crippen molar-refractivity contribution in [2.24, 2.45) is 41.4 Å². The van der Waals surface area contributed by atoms with E-state index < -0.39 is 18.0 Å². The third-order valence-corrected chi connectivity index (χ3v) is 11.6. The lowest BCUT2D eigenvalue weighted by molar-refractivity contribution is -0.186. The Hall–Kier alpha value is -1.57. The van der Waals surface area contributed by atoms with Crippen LogP contribution in [-0.2, 0) is 9.59 Å². The maximum absolute atomic E-state index is 13.8. The Morgan fingerprint density at radius 3 is 2.54 bits per heavy atom. The molecule has 0 radical (unpaired) electrons. The first-order chi connectivity index (χ1) is 19.6. The first kappa shape index (κ1) is 30.9. The fourth-order valence-corrected chi connectivity index (χ4v) is 9.00. The molecule has 2 N–H and O–H groups in total. The molecule has 5 rings (SSSR count). The molecule has 9 atom stereocenters. The predicted octanol–water partition coefficient (Wildman–Crippen LogP) is 6.63. The van der Waals surface area contributed by atoms with E-state index in [1.807, 2.05) is 11.9 Å². The molecule has 3 saturated carbocycles. The lowest BCUT2D eigenvalue weighted by Gasteiger charge is -2.50. The van der Waals surface area contributed by atoms with Gasteiger partial charge in [-0.15, -0.1) is 0 Å². The summed E-state index contributed by atoms with van der Waals surface area (Å²) in [6.45, 7) is 3.14. The zero-order chi connectivity index (χ0) is 29.1. The van der Waals surface area contributed by atoms with Crippen LogP contribution in [0.1, 0.15) is 103 Å². The number of rotatable bonds is 6. The molecule has 0 aromatic heterocycles. The van der Waals surface area contributed by atoms with Gasteiger partial charge in [0, 0.05) is 43.6 Å². The molecule has 0 aromatic rings. The number of allylic oxidation sites excluding steroid dienone is 1. The van der Waals surface area contributed by atoms with Gasteiger partial charge in [-0.05, 0) is 81.5 Å². The zero-order valence-electron chi connectivity index (χ0n) is 25.1. The number of nitrogens with zero attached hydrogens (tertiary/aromatic N) is 1. The Bertz CT molecular complexity index is 933. The van der Waals surface area contributed by atoms with Gasteiger partial charge in [-0.3, -0.25) is 9.59 Å². The van der Waals surface area contributed by atoms with Gasteiger partial charge >= 0.3 is 6.18 Å². The summed E-state index contributed by atoms with van der Waals surface area (Å²) in [7, 11) is 1.98. The van der Waals surface area contributed by atoms with Crippen molar-refractivity contribution in [3.05, 3.63) is 12.2 Å². The van der Waals surface area contributed by atoms with Crippen LogP contribution in [0.4, 0.5) is 13.2 Å².